The van der Waals surface area contributed by atoms with Crippen LogP contribution in [-0.4, -0.2) is 38.8 Å². The zero-order valence-electron chi connectivity index (χ0n) is 11.4. The molecule has 0 saturated carbocycles. The Bertz CT molecular complexity index is 766. The van der Waals surface area contributed by atoms with Crippen LogP contribution in [0.3, 0.4) is 0 Å². The minimum Gasteiger partial charge on any atom is -0.364 e. The molecule has 10 heteroatoms. The fourth-order valence-electron chi connectivity index (χ4n) is 1.45. The third-order valence-electron chi connectivity index (χ3n) is 2.44. The molecule has 0 fully saturated rings. The van der Waals surface area contributed by atoms with Crippen LogP contribution in [0.2, 0.25) is 0 Å². The molecule has 2 rings (SSSR count). The Morgan fingerprint density at radius 1 is 1.41 bits per heavy atom. The molecule has 0 aromatic carbocycles. The highest BCUT2D eigenvalue weighted by Gasteiger charge is 2.03. The van der Waals surface area contributed by atoms with E-state index in [1.165, 1.54) is 6.21 Å². The molecule has 10 nitrogen and oxygen atoms in total. The first kappa shape index (κ1) is 15.1. The molecule has 0 bridgehead atoms. The Kier molecular flexibility index (Phi) is 5.13. The largest absolute Gasteiger partial charge is 0.364 e. The number of rotatable bonds is 6. The monoisotopic (exact) mass is 303 g/mol. The van der Waals surface area contributed by atoms with Crippen LogP contribution in [0.15, 0.2) is 39.2 Å². The number of nitrogens with zero attached hydrogens (tertiary/aromatic N) is 3. The third-order valence-corrected chi connectivity index (χ3v) is 2.44. The lowest BCUT2D eigenvalue weighted by Crippen LogP contribution is -2.28. The summed E-state index contributed by atoms with van der Waals surface area (Å²) in [4.78, 5) is 39.5. The summed E-state index contributed by atoms with van der Waals surface area (Å²) >= 11 is 0. The molecule has 0 aliphatic carbocycles. The Morgan fingerprint density at radius 3 is 3.00 bits per heavy atom. The molecule has 0 atom stereocenters. The van der Waals surface area contributed by atoms with E-state index in [1.807, 2.05) is 4.98 Å². The predicted molar refractivity (Wildman–Crippen MR) is 78.6 cm³/mol. The molecule has 2 heterocycles. The molecular formula is C12H13N7O3. The number of aromatic nitrogens is 4. The number of nitrogens with one attached hydrogen (secondary N) is 4. The lowest BCUT2D eigenvalue weighted by molar-refractivity contribution is -0.120. The van der Waals surface area contributed by atoms with Crippen LogP contribution in [0.5, 0.6) is 0 Å². The summed E-state index contributed by atoms with van der Waals surface area (Å²) in [5.74, 6) is -0.403. The summed E-state index contributed by atoms with van der Waals surface area (Å²) in [7, 11) is 0. The highest BCUT2D eigenvalue weighted by atomic mass is 16.2. The number of carbonyl (C=O) groups excluding carboxylic acids is 1. The minimum atomic E-state index is -0.696. The van der Waals surface area contributed by atoms with Gasteiger partial charge in [0.1, 0.15) is 0 Å². The predicted octanol–water partition coefficient (Wildman–Crippen LogP) is -1.19. The molecule has 0 unspecified atom stereocenters. The van der Waals surface area contributed by atoms with Gasteiger partial charge in [0.15, 0.2) is 0 Å². The smallest absolute Gasteiger partial charge is 0.342 e. The summed E-state index contributed by atoms with van der Waals surface area (Å²) in [6.07, 6.45) is 4.77. The van der Waals surface area contributed by atoms with Crippen molar-refractivity contribution in [2.75, 3.05) is 11.9 Å². The van der Waals surface area contributed by atoms with Gasteiger partial charge < -0.3 is 5.32 Å². The van der Waals surface area contributed by atoms with Gasteiger partial charge in [0.05, 0.1) is 6.21 Å². The fourth-order valence-corrected chi connectivity index (χ4v) is 1.45. The first-order chi connectivity index (χ1) is 10.6. The molecule has 0 aliphatic rings. The molecule has 2 aromatic heterocycles. The van der Waals surface area contributed by atoms with Gasteiger partial charge in [0.25, 0.3) is 5.56 Å². The van der Waals surface area contributed by atoms with E-state index in [1.54, 1.807) is 24.5 Å². The van der Waals surface area contributed by atoms with E-state index in [0.717, 1.165) is 5.56 Å². The van der Waals surface area contributed by atoms with Crippen LogP contribution in [0.25, 0.3) is 0 Å². The molecule has 22 heavy (non-hydrogen) atoms. The van der Waals surface area contributed by atoms with Crippen LogP contribution >= 0.6 is 0 Å². The minimum absolute atomic E-state index is 0.0636. The summed E-state index contributed by atoms with van der Waals surface area (Å²) in [6.45, 7) is 0.163. The Labute approximate surface area is 123 Å². The molecule has 0 saturated heterocycles. The molecule has 2 aromatic rings. The quantitative estimate of drug-likeness (QED) is 0.390. The van der Waals surface area contributed by atoms with Crippen molar-refractivity contribution in [1.82, 2.24) is 25.6 Å². The van der Waals surface area contributed by atoms with Gasteiger partial charge in [-0.05, 0) is 6.07 Å². The number of aromatic amines is 2. The van der Waals surface area contributed by atoms with Crippen LogP contribution in [-0.2, 0) is 4.79 Å². The molecule has 4 N–H and O–H groups in total. The Hall–Kier alpha value is -3.30. The number of anilines is 1. The van der Waals surface area contributed by atoms with Gasteiger partial charge in [-0.2, -0.15) is 5.10 Å². The van der Waals surface area contributed by atoms with Crippen molar-refractivity contribution in [2.24, 2.45) is 5.10 Å². The van der Waals surface area contributed by atoms with Gasteiger partial charge in [-0.15, -0.1) is 5.10 Å². The van der Waals surface area contributed by atoms with Gasteiger partial charge in [-0.3, -0.25) is 19.6 Å². The number of hydrazone groups is 1. The SMILES string of the molecule is O=C(CCNc1n[nH]c(=O)[nH]c1=O)NN=Cc1cccnc1. The summed E-state index contributed by atoms with van der Waals surface area (Å²) in [6, 6.07) is 3.54. The normalized spacial score (nSPS) is 10.5. The summed E-state index contributed by atoms with van der Waals surface area (Å²) < 4.78 is 0. The fraction of sp³-hybridized carbons (Fsp3) is 0.167. The van der Waals surface area contributed by atoms with Gasteiger partial charge in [0.2, 0.25) is 11.7 Å². The molecule has 114 valence electrons. The maximum absolute atomic E-state index is 11.5. The van der Waals surface area contributed by atoms with E-state index in [-0.39, 0.29) is 24.7 Å². The highest BCUT2D eigenvalue weighted by Crippen LogP contribution is 1.91. The number of pyridine rings is 1. The second-order valence-corrected chi connectivity index (χ2v) is 4.11. The molecule has 1 amide bonds. The van der Waals surface area contributed by atoms with E-state index in [9.17, 15) is 14.4 Å². The van der Waals surface area contributed by atoms with Crippen molar-refractivity contribution < 1.29 is 4.79 Å². The summed E-state index contributed by atoms with van der Waals surface area (Å²) in [5, 5.41) is 12.0. The average molecular weight is 303 g/mol. The molecule has 0 spiro atoms. The van der Waals surface area contributed by atoms with E-state index < -0.39 is 11.2 Å². The highest BCUT2D eigenvalue weighted by molar-refractivity contribution is 5.82. The van der Waals surface area contributed by atoms with Gasteiger partial charge in [0, 0.05) is 30.9 Å². The number of H-pyrrole nitrogens is 2. The zero-order chi connectivity index (χ0) is 15.8. The van der Waals surface area contributed by atoms with E-state index in [0.29, 0.717) is 0 Å². The van der Waals surface area contributed by atoms with E-state index >= 15 is 0 Å². The Morgan fingerprint density at radius 2 is 2.27 bits per heavy atom. The van der Waals surface area contributed by atoms with E-state index in [2.05, 4.69) is 31.0 Å². The van der Waals surface area contributed by atoms with Crippen LogP contribution in [0.4, 0.5) is 5.82 Å². The Balaban J connectivity index is 1.75. The van der Waals surface area contributed by atoms with Crippen molar-refractivity contribution in [3.63, 3.8) is 0 Å². The van der Waals surface area contributed by atoms with Crippen molar-refractivity contribution in [1.29, 1.82) is 0 Å². The first-order valence-corrected chi connectivity index (χ1v) is 6.30. The van der Waals surface area contributed by atoms with Crippen molar-refractivity contribution in [3.05, 3.63) is 50.9 Å². The second-order valence-electron chi connectivity index (χ2n) is 4.11. The van der Waals surface area contributed by atoms with Gasteiger partial charge in [-0.25, -0.2) is 15.3 Å². The molecule has 0 aliphatic heterocycles. The standard InChI is InChI=1S/C12H13N7O3/c20-9(17-15-7-8-2-1-4-13-6-8)3-5-14-10-11(21)16-12(22)19-18-10/h1-2,4,6-7H,3,5H2,(H,14,18)(H,17,20)(H2,16,19,21,22). The third kappa shape index (κ3) is 4.67. The molecule has 0 radical (unpaired) electrons. The summed E-state index contributed by atoms with van der Waals surface area (Å²) in [5.41, 5.74) is 1.74. The topological polar surface area (TPSA) is 145 Å². The van der Waals surface area contributed by atoms with Crippen molar-refractivity contribution >= 4 is 17.9 Å². The van der Waals surface area contributed by atoms with Gasteiger partial charge in [-0.1, -0.05) is 6.07 Å². The van der Waals surface area contributed by atoms with E-state index in [4.69, 9.17) is 0 Å². The maximum Gasteiger partial charge on any atom is 0.342 e. The van der Waals surface area contributed by atoms with Crippen LogP contribution in [0, 0.1) is 0 Å². The van der Waals surface area contributed by atoms with Crippen molar-refractivity contribution in [2.45, 2.75) is 6.42 Å². The lowest BCUT2D eigenvalue weighted by atomic mass is 10.3. The molecular weight excluding hydrogens is 290 g/mol. The van der Waals surface area contributed by atoms with Gasteiger partial charge >= 0.3 is 5.69 Å². The van der Waals surface area contributed by atoms with Crippen LogP contribution < -0.4 is 22.0 Å². The maximum atomic E-state index is 11.5. The van der Waals surface area contributed by atoms with Crippen LogP contribution in [0.1, 0.15) is 12.0 Å². The lowest BCUT2D eigenvalue weighted by Gasteiger charge is -2.02. The zero-order valence-corrected chi connectivity index (χ0v) is 11.4. The number of amides is 1. The number of hydrogen-bond donors (Lipinski definition) is 4. The second kappa shape index (κ2) is 7.47. The number of hydrogen-bond acceptors (Lipinski definition) is 7. The van der Waals surface area contributed by atoms with Crippen molar-refractivity contribution in [3.8, 4) is 0 Å². The number of carbonyl (C=O) groups is 1. The first-order valence-electron chi connectivity index (χ1n) is 6.30. The average Bonchev–Trinajstić information content (AvgIpc) is 2.50.